The van der Waals surface area contributed by atoms with E-state index in [4.69, 9.17) is 5.73 Å². The van der Waals surface area contributed by atoms with Gasteiger partial charge in [-0.1, -0.05) is 0 Å². The molecule has 0 amide bonds. The summed E-state index contributed by atoms with van der Waals surface area (Å²) in [7, 11) is 0. The van der Waals surface area contributed by atoms with Gasteiger partial charge in [0.25, 0.3) is 0 Å². The van der Waals surface area contributed by atoms with Gasteiger partial charge in [0, 0.05) is 31.0 Å². The topological polar surface area (TPSA) is 82.6 Å². The summed E-state index contributed by atoms with van der Waals surface area (Å²) in [6.45, 7) is 2.69. The highest BCUT2D eigenvalue weighted by Crippen LogP contribution is 2.21. The molecule has 0 spiro atoms. The van der Waals surface area contributed by atoms with Gasteiger partial charge in [0.15, 0.2) is 0 Å². The van der Waals surface area contributed by atoms with Crippen LogP contribution < -0.4 is 10.6 Å². The van der Waals surface area contributed by atoms with Crippen LogP contribution in [0.5, 0.6) is 0 Å². The molecule has 2 atom stereocenters. The lowest BCUT2D eigenvalue weighted by Crippen LogP contribution is -2.22. The molecule has 1 fully saturated rings. The highest BCUT2D eigenvalue weighted by molar-refractivity contribution is 5.55. The third-order valence-corrected chi connectivity index (χ3v) is 2.71. The Labute approximate surface area is 88.2 Å². The van der Waals surface area contributed by atoms with Crippen LogP contribution in [-0.2, 0) is 0 Å². The number of hydrogen-bond donors (Lipinski definition) is 3. The maximum atomic E-state index is 9.40. The van der Waals surface area contributed by atoms with E-state index in [9.17, 15) is 10.2 Å². The monoisotopic (exact) mass is 209 g/mol. The molecule has 1 aliphatic heterocycles. The van der Waals surface area contributed by atoms with Gasteiger partial charge in [-0.15, -0.1) is 0 Å². The fourth-order valence-electron chi connectivity index (χ4n) is 1.66. The van der Waals surface area contributed by atoms with Crippen LogP contribution in [-0.4, -0.2) is 40.5 Å². The number of nitrogens with zero attached hydrogens (tertiary/aromatic N) is 2. The Morgan fingerprint density at radius 1 is 1.40 bits per heavy atom. The molecule has 0 aliphatic carbocycles. The van der Waals surface area contributed by atoms with Crippen LogP contribution in [0.2, 0.25) is 0 Å². The molecule has 5 nitrogen and oxygen atoms in total. The van der Waals surface area contributed by atoms with Gasteiger partial charge in [-0.3, -0.25) is 0 Å². The molecule has 2 rings (SSSR count). The van der Waals surface area contributed by atoms with Crippen molar-refractivity contribution in [2.45, 2.75) is 19.1 Å². The number of anilines is 2. The summed E-state index contributed by atoms with van der Waals surface area (Å²) in [6.07, 6.45) is 0.297. The number of aliphatic hydroxyl groups is 2. The summed E-state index contributed by atoms with van der Waals surface area (Å²) >= 11 is 0. The second-order valence-corrected chi connectivity index (χ2v) is 3.94. The Morgan fingerprint density at radius 2 is 2.00 bits per heavy atom. The van der Waals surface area contributed by atoms with Crippen molar-refractivity contribution in [2.75, 3.05) is 23.7 Å². The van der Waals surface area contributed by atoms with Gasteiger partial charge in [-0.2, -0.15) is 0 Å². The Bertz CT molecular complexity index is 360. The van der Waals surface area contributed by atoms with E-state index in [0.29, 0.717) is 24.6 Å². The first-order valence-electron chi connectivity index (χ1n) is 4.91. The Morgan fingerprint density at radius 3 is 2.53 bits per heavy atom. The lowest BCUT2D eigenvalue weighted by atomic mass is 10.2. The Hall–Kier alpha value is -1.33. The van der Waals surface area contributed by atoms with Gasteiger partial charge in [-0.05, 0) is 12.5 Å². The average Bonchev–Trinajstić information content (AvgIpc) is 2.52. The number of aromatic nitrogens is 1. The molecule has 1 aromatic heterocycles. The minimum atomic E-state index is -0.700. The highest BCUT2D eigenvalue weighted by Gasteiger charge is 2.30. The first-order valence-corrected chi connectivity index (χ1v) is 4.91. The molecule has 5 heteroatoms. The third kappa shape index (κ3) is 1.88. The number of nitrogens with two attached hydrogens (primary N) is 1. The van der Waals surface area contributed by atoms with Crippen molar-refractivity contribution in [2.24, 2.45) is 0 Å². The lowest BCUT2D eigenvalue weighted by molar-refractivity contribution is 0.0572. The quantitative estimate of drug-likeness (QED) is 0.581. The van der Waals surface area contributed by atoms with Crippen LogP contribution in [0.15, 0.2) is 12.3 Å². The van der Waals surface area contributed by atoms with Gasteiger partial charge >= 0.3 is 0 Å². The van der Waals surface area contributed by atoms with E-state index in [-0.39, 0.29) is 0 Å². The number of hydrogen-bond acceptors (Lipinski definition) is 5. The number of aryl methyl sites for hydroxylation is 1. The van der Waals surface area contributed by atoms with Gasteiger partial charge in [-0.25, -0.2) is 4.98 Å². The second kappa shape index (κ2) is 3.67. The second-order valence-electron chi connectivity index (χ2n) is 3.94. The maximum Gasteiger partial charge on any atom is 0.130 e. The Kier molecular flexibility index (Phi) is 2.50. The number of aliphatic hydroxyl groups excluding tert-OH is 2. The normalized spacial score (nSPS) is 25.9. The first-order chi connectivity index (χ1) is 7.08. The first kappa shape index (κ1) is 10.2. The predicted molar refractivity (Wildman–Crippen MR) is 57.6 cm³/mol. The van der Waals surface area contributed by atoms with Crippen LogP contribution in [0.4, 0.5) is 11.5 Å². The van der Waals surface area contributed by atoms with E-state index < -0.39 is 12.2 Å². The summed E-state index contributed by atoms with van der Waals surface area (Å²) in [4.78, 5) is 6.04. The average molecular weight is 209 g/mol. The SMILES string of the molecule is Cc1cnc(N2CC(O)C(O)C2)cc1N. The molecular weight excluding hydrogens is 194 g/mol. The third-order valence-electron chi connectivity index (χ3n) is 2.71. The number of rotatable bonds is 1. The molecule has 0 bridgehead atoms. The van der Waals surface area contributed by atoms with E-state index in [1.165, 1.54) is 0 Å². The smallest absolute Gasteiger partial charge is 0.130 e. The van der Waals surface area contributed by atoms with Crippen LogP contribution in [0, 0.1) is 6.92 Å². The fourth-order valence-corrected chi connectivity index (χ4v) is 1.66. The van der Waals surface area contributed by atoms with Crippen molar-refractivity contribution in [1.29, 1.82) is 0 Å². The molecule has 0 saturated carbocycles. The van der Waals surface area contributed by atoms with E-state index in [0.717, 1.165) is 5.56 Å². The largest absolute Gasteiger partial charge is 0.398 e. The van der Waals surface area contributed by atoms with Crippen molar-refractivity contribution < 1.29 is 10.2 Å². The van der Waals surface area contributed by atoms with Crippen LogP contribution >= 0.6 is 0 Å². The zero-order valence-electron chi connectivity index (χ0n) is 8.59. The number of β-amino-alcohol motifs (C(OH)–C–C–N with tert-alkyl or cyclic N) is 2. The predicted octanol–water partition coefficient (Wildman–Crippen LogP) is -0.486. The van der Waals surface area contributed by atoms with Crippen LogP contribution in [0.25, 0.3) is 0 Å². The summed E-state index contributed by atoms with van der Waals surface area (Å²) in [6, 6.07) is 1.76. The summed E-state index contributed by atoms with van der Waals surface area (Å²) in [5, 5.41) is 18.8. The molecular formula is C10H15N3O2. The van der Waals surface area contributed by atoms with E-state index in [2.05, 4.69) is 4.98 Å². The van der Waals surface area contributed by atoms with E-state index in [1.807, 2.05) is 11.8 Å². The standard InChI is InChI=1S/C10H15N3O2/c1-6-3-12-10(2-7(6)11)13-4-8(14)9(15)5-13/h2-3,8-9,14-15H,4-5H2,1H3,(H2,11,12). The molecule has 4 N–H and O–H groups in total. The zero-order valence-corrected chi connectivity index (χ0v) is 8.59. The van der Waals surface area contributed by atoms with Gasteiger partial charge < -0.3 is 20.8 Å². The molecule has 1 aromatic rings. The van der Waals surface area contributed by atoms with Crippen molar-refractivity contribution in [3.8, 4) is 0 Å². The van der Waals surface area contributed by atoms with Crippen molar-refractivity contribution in [1.82, 2.24) is 4.98 Å². The molecule has 1 saturated heterocycles. The number of nitrogen functional groups attached to an aromatic ring is 1. The van der Waals surface area contributed by atoms with E-state index in [1.54, 1.807) is 12.3 Å². The van der Waals surface area contributed by atoms with Gasteiger partial charge in [0.05, 0.1) is 12.2 Å². The summed E-state index contributed by atoms with van der Waals surface area (Å²) < 4.78 is 0. The molecule has 82 valence electrons. The minimum Gasteiger partial charge on any atom is -0.398 e. The van der Waals surface area contributed by atoms with E-state index >= 15 is 0 Å². The van der Waals surface area contributed by atoms with Crippen molar-refractivity contribution in [3.63, 3.8) is 0 Å². The minimum absolute atomic E-state index is 0.399. The molecule has 2 heterocycles. The molecule has 2 unspecified atom stereocenters. The summed E-state index contributed by atoms with van der Waals surface area (Å²) in [5.41, 5.74) is 7.37. The van der Waals surface area contributed by atoms with Crippen molar-refractivity contribution in [3.05, 3.63) is 17.8 Å². The molecule has 0 radical (unpaired) electrons. The van der Waals surface area contributed by atoms with Crippen LogP contribution in [0.1, 0.15) is 5.56 Å². The lowest BCUT2D eigenvalue weighted by Gasteiger charge is -2.17. The zero-order chi connectivity index (χ0) is 11.0. The molecule has 1 aliphatic rings. The van der Waals surface area contributed by atoms with Gasteiger partial charge in [0.1, 0.15) is 5.82 Å². The van der Waals surface area contributed by atoms with Crippen molar-refractivity contribution >= 4 is 11.5 Å². The van der Waals surface area contributed by atoms with Crippen LogP contribution in [0.3, 0.4) is 0 Å². The molecule has 0 aromatic carbocycles. The summed E-state index contributed by atoms with van der Waals surface area (Å²) in [5.74, 6) is 0.703. The number of pyridine rings is 1. The molecule has 15 heavy (non-hydrogen) atoms. The Balaban J connectivity index is 2.20. The maximum absolute atomic E-state index is 9.40. The fraction of sp³-hybridized carbons (Fsp3) is 0.500. The van der Waals surface area contributed by atoms with Gasteiger partial charge in [0.2, 0.25) is 0 Å². The highest BCUT2D eigenvalue weighted by atomic mass is 16.3.